The van der Waals surface area contributed by atoms with Gasteiger partial charge in [0.15, 0.2) is 0 Å². The number of hydrogen-bond donors (Lipinski definition) is 0. The van der Waals surface area contributed by atoms with Crippen molar-refractivity contribution in [3.8, 4) is 0 Å². The van der Waals surface area contributed by atoms with Gasteiger partial charge in [0.2, 0.25) is 0 Å². The fraction of sp³-hybridized carbons (Fsp3) is 1.00. The van der Waals surface area contributed by atoms with Crippen LogP contribution in [0.25, 0.3) is 0 Å². The number of rotatable bonds is 2. The van der Waals surface area contributed by atoms with Gasteiger partial charge in [-0.3, -0.25) is 4.57 Å². The van der Waals surface area contributed by atoms with Crippen LogP contribution in [-0.2, 0) is 13.6 Å². The monoisotopic (exact) mass is 194 g/mol. The van der Waals surface area contributed by atoms with Crippen LogP contribution in [0, 0.1) is 0 Å². The Morgan fingerprint density at radius 1 is 0.833 bits per heavy atom. The molecular weight excluding hydrogens is 175 g/mol. The molecule has 1 rings (SSSR count). The topological polar surface area (TPSA) is 35.5 Å². The van der Waals surface area contributed by atoms with Gasteiger partial charge in [-0.15, -0.1) is 0 Å². The molecule has 0 unspecified atom stereocenters. The smallest absolute Gasteiger partial charge is 0.314 e. The van der Waals surface area contributed by atoms with Crippen LogP contribution in [0.15, 0.2) is 0 Å². The normalized spacial score (nSPS) is 16.9. The van der Waals surface area contributed by atoms with E-state index in [-0.39, 0.29) is 0 Å². The second-order valence-electron chi connectivity index (χ2n) is 2.78. The molecule has 0 heterocycles. The molecule has 0 amide bonds. The zero-order valence-electron chi connectivity index (χ0n) is 7.97. The van der Waals surface area contributed by atoms with Gasteiger partial charge in [0, 0.05) is 14.2 Å². The van der Waals surface area contributed by atoms with Gasteiger partial charge in [-0.05, 0) is 0 Å². The molecule has 3 nitrogen and oxygen atoms in total. The molecule has 0 aliphatic heterocycles. The van der Waals surface area contributed by atoms with E-state index in [4.69, 9.17) is 0 Å². The largest absolute Gasteiger partial charge is 0.318 e. The first-order valence-corrected chi connectivity index (χ1v) is 5.65. The summed E-state index contributed by atoms with van der Waals surface area (Å²) in [6.45, 7) is 0. The van der Waals surface area contributed by atoms with Gasteiger partial charge in [-0.1, -0.05) is 38.5 Å². The van der Waals surface area contributed by atoms with Gasteiger partial charge in [-0.2, -0.15) is 0 Å². The van der Waals surface area contributed by atoms with Crippen LogP contribution in [0.5, 0.6) is 0 Å². The molecule has 1 aliphatic rings. The average Bonchev–Trinajstić information content (AvgIpc) is 2.20. The van der Waals surface area contributed by atoms with Crippen LogP contribution in [0.3, 0.4) is 0 Å². The molecule has 1 aliphatic carbocycles. The molecule has 0 radical (unpaired) electrons. The van der Waals surface area contributed by atoms with E-state index in [0.717, 1.165) is 0 Å². The quantitative estimate of drug-likeness (QED) is 0.634. The third-order valence-electron chi connectivity index (χ3n) is 1.83. The van der Waals surface area contributed by atoms with Gasteiger partial charge in [0.25, 0.3) is 0 Å². The molecule has 4 heteroatoms. The van der Waals surface area contributed by atoms with E-state index in [1.54, 1.807) is 0 Å². The van der Waals surface area contributed by atoms with Crippen molar-refractivity contribution in [2.45, 2.75) is 38.5 Å². The Bertz CT molecular complexity index is 95.4. The molecule has 1 saturated carbocycles. The predicted molar refractivity (Wildman–Crippen MR) is 50.7 cm³/mol. The summed E-state index contributed by atoms with van der Waals surface area (Å²) in [5, 5.41) is 0. The first-order valence-electron chi connectivity index (χ1n) is 4.43. The molecule has 0 bridgehead atoms. The van der Waals surface area contributed by atoms with Crippen molar-refractivity contribution in [1.29, 1.82) is 0 Å². The SMILES string of the molecule is C1CCCCC1.CO[PH](=O)OC. The van der Waals surface area contributed by atoms with E-state index in [2.05, 4.69) is 9.05 Å². The van der Waals surface area contributed by atoms with Crippen molar-refractivity contribution in [1.82, 2.24) is 0 Å². The summed E-state index contributed by atoms with van der Waals surface area (Å²) in [6, 6.07) is 0. The third-order valence-corrected chi connectivity index (χ3v) is 2.50. The lowest BCUT2D eigenvalue weighted by Crippen LogP contribution is -1.85. The summed E-state index contributed by atoms with van der Waals surface area (Å²) in [7, 11) is 0.558. The molecule has 0 aromatic heterocycles. The van der Waals surface area contributed by atoms with Gasteiger partial charge >= 0.3 is 8.25 Å². The highest BCUT2D eigenvalue weighted by Crippen LogP contribution is 2.18. The van der Waals surface area contributed by atoms with Crippen molar-refractivity contribution in [3.63, 3.8) is 0 Å². The van der Waals surface area contributed by atoms with Crippen molar-refractivity contribution in [2.24, 2.45) is 0 Å². The van der Waals surface area contributed by atoms with E-state index >= 15 is 0 Å². The summed E-state index contributed by atoms with van der Waals surface area (Å²) in [6.07, 6.45) is 9.00. The molecule has 12 heavy (non-hydrogen) atoms. The summed E-state index contributed by atoms with van der Waals surface area (Å²) in [5.41, 5.74) is 0. The molecule has 0 atom stereocenters. The van der Waals surface area contributed by atoms with E-state index in [1.807, 2.05) is 0 Å². The Morgan fingerprint density at radius 3 is 1.17 bits per heavy atom. The standard InChI is InChI=1S/C6H12.C2H7O3P/c1-2-4-6-5-3-1;1-4-6(3)5-2/h1-6H2;6H,1-2H3. The Morgan fingerprint density at radius 2 is 1.08 bits per heavy atom. The molecule has 0 spiro atoms. The molecule has 74 valence electrons. The zero-order valence-corrected chi connectivity index (χ0v) is 8.97. The summed E-state index contributed by atoms with van der Waals surface area (Å²) in [5.74, 6) is 0. The first-order chi connectivity index (χ1) is 5.81. The second kappa shape index (κ2) is 9.24. The predicted octanol–water partition coefficient (Wildman–Crippen LogP) is 3.01. The Kier molecular flexibility index (Phi) is 9.36. The zero-order chi connectivity index (χ0) is 9.23. The number of hydrogen-bond acceptors (Lipinski definition) is 3. The van der Waals surface area contributed by atoms with Crippen LogP contribution >= 0.6 is 8.25 Å². The highest BCUT2D eigenvalue weighted by molar-refractivity contribution is 7.33. The van der Waals surface area contributed by atoms with Crippen LogP contribution < -0.4 is 0 Å². The molecule has 0 N–H and O–H groups in total. The lowest BCUT2D eigenvalue weighted by Gasteiger charge is -2.05. The summed E-state index contributed by atoms with van der Waals surface area (Å²) in [4.78, 5) is 0. The van der Waals surface area contributed by atoms with Crippen molar-refractivity contribution in [3.05, 3.63) is 0 Å². The van der Waals surface area contributed by atoms with Gasteiger partial charge < -0.3 is 9.05 Å². The lowest BCUT2D eigenvalue weighted by molar-refractivity contribution is 0.302. The van der Waals surface area contributed by atoms with E-state index in [9.17, 15) is 4.57 Å². The van der Waals surface area contributed by atoms with Crippen LogP contribution in [0.1, 0.15) is 38.5 Å². The van der Waals surface area contributed by atoms with Gasteiger partial charge in [0.05, 0.1) is 0 Å². The lowest BCUT2D eigenvalue weighted by atomic mass is 10.0. The highest BCUT2D eigenvalue weighted by Gasteiger charge is 1.95. The maximum Gasteiger partial charge on any atom is 0.318 e. The minimum absolute atomic E-state index is 1.34. The fourth-order valence-electron chi connectivity index (χ4n) is 1.14. The molecule has 0 saturated heterocycles. The Hall–Kier alpha value is 0.150. The average molecular weight is 194 g/mol. The maximum absolute atomic E-state index is 9.92. The van der Waals surface area contributed by atoms with E-state index < -0.39 is 8.25 Å². The third kappa shape index (κ3) is 8.25. The first kappa shape index (κ1) is 12.2. The highest BCUT2D eigenvalue weighted by atomic mass is 31.1. The van der Waals surface area contributed by atoms with Crippen LogP contribution in [-0.4, -0.2) is 14.2 Å². The maximum atomic E-state index is 9.92. The van der Waals surface area contributed by atoms with Crippen LogP contribution in [0.4, 0.5) is 0 Å². The van der Waals surface area contributed by atoms with Crippen LogP contribution in [0.2, 0.25) is 0 Å². The van der Waals surface area contributed by atoms with Crippen molar-refractivity contribution < 1.29 is 13.6 Å². The van der Waals surface area contributed by atoms with Crippen molar-refractivity contribution >= 4 is 8.25 Å². The minimum Gasteiger partial charge on any atom is -0.314 e. The van der Waals surface area contributed by atoms with E-state index in [1.165, 1.54) is 52.7 Å². The fourth-order valence-corrected chi connectivity index (χ4v) is 1.31. The molecular formula is C8H19O3P. The van der Waals surface area contributed by atoms with Gasteiger partial charge in [-0.25, -0.2) is 0 Å². The Balaban J connectivity index is 0.000000202. The minimum atomic E-state index is -2.12. The molecule has 0 aromatic carbocycles. The van der Waals surface area contributed by atoms with Crippen molar-refractivity contribution in [2.75, 3.05) is 14.2 Å². The second-order valence-corrected chi connectivity index (χ2v) is 4.10. The van der Waals surface area contributed by atoms with E-state index in [0.29, 0.717) is 0 Å². The summed E-state index contributed by atoms with van der Waals surface area (Å²) < 4.78 is 18.4. The molecule has 0 aromatic rings. The van der Waals surface area contributed by atoms with Gasteiger partial charge in [0.1, 0.15) is 0 Å². The Labute approximate surface area is 75.4 Å². The molecule has 1 fully saturated rings. The summed E-state index contributed by atoms with van der Waals surface area (Å²) >= 11 is 0.